The smallest absolute Gasteiger partial charge is 0.262 e. The summed E-state index contributed by atoms with van der Waals surface area (Å²) in [5.41, 5.74) is 2.32. The number of nitrogens with one attached hydrogen (secondary N) is 2. The zero-order valence-corrected chi connectivity index (χ0v) is 18.6. The number of benzene rings is 2. The second-order valence-electron chi connectivity index (χ2n) is 7.00. The predicted molar refractivity (Wildman–Crippen MR) is 120 cm³/mol. The fourth-order valence-corrected chi connectivity index (χ4v) is 5.10. The van der Waals surface area contributed by atoms with Crippen LogP contribution in [0, 0.1) is 6.92 Å². The lowest BCUT2D eigenvalue weighted by Gasteiger charge is -2.16. The number of rotatable bonds is 8. The van der Waals surface area contributed by atoms with Crippen molar-refractivity contribution in [2.75, 3.05) is 11.8 Å². The third-order valence-electron chi connectivity index (χ3n) is 4.59. The highest BCUT2D eigenvalue weighted by Crippen LogP contribution is 2.27. The molecule has 0 saturated carbocycles. The number of methoxy groups -OCH3 is 1. The minimum atomic E-state index is -3.91. The van der Waals surface area contributed by atoms with Crippen LogP contribution in [-0.2, 0) is 16.4 Å². The topological polar surface area (TPSA) is 84.5 Å². The van der Waals surface area contributed by atoms with Gasteiger partial charge in [0.2, 0.25) is 0 Å². The Morgan fingerprint density at radius 1 is 1.17 bits per heavy atom. The molecule has 8 heteroatoms. The summed E-state index contributed by atoms with van der Waals surface area (Å²) < 4.78 is 33.8. The van der Waals surface area contributed by atoms with E-state index in [-0.39, 0.29) is 22.4 Å². The van der Waals surface area contributed by atoms with Crippen molar-refractivity contribution in [1.29, 1.82) is 0 Å². The van der Waals surface area contributed by atoms with E-state index in [1.165, 1.54) is 13.2 Å². The third-order valence-corrected chi connectivity index (χ3v) is 6.83. The Morgan fingerprint density at radius 2 is 1.93 bits per heavy atom. The maximum atomic E-state index is 13.0. The van der Waals surface area contributed by atoms with Crippen molar-refractivity contribution in [3.8, 4) is 5.75 Å². The summed E-state index contributed by atoms with van der Waals surface area (Å²) in [7, 11) is -2.44. The lowest BCUT2D eigenvalue weighted by atomic mass is 10.1. The summed E-state index contributed by atoms with van der Waals surface area (Å²) in [5, 5.41) is 6.97. The summed E-state index contributed by atoms with van der Waals surface area (Å²) in [6, 6.07) is 13.4. The summed E-state index contributed by atoms with van der Waals surface area (Å²) in [5.74, 6) is 0.0985. The predicted octanol–water partition coefficient (Wildman–Crippen LogP) is 4.23. The number of para-hydroxylation sites is 2. The van der Waals surface area contributed by atoms with Gasteiger partial charge in [0.1, 0.15) is 5.75 Å². The van der Waals surface area contributed by atoms with Gasteiger partial charge >= 0.3 is 0 Å². The van der Waals surface area contributed by atoms with Crippen LogP contribution >= 0.6 is 11.3 Å². The molecule has 0 radical (unpaired) electrons. The second kappa shape index (κ2) is 9.32. The Labute approximate surface area is 181 Å². The molecule has 1 atom stereocenters. The SMILES string of the molecule is COc1ccccc1NS(=O)(=O)c1cc(C(=O)NC(C)Cc2ccsc2)ccc1C. The fourth-order valence-electron chi connectivity index (χ4n) is 3.08. The van der Waals surface area contributed by atoms with E-state index in [0.29, 0.717) is 23.4 Å². The van der Waals surface area contributed by atoms with Crippen molar-refractivity contribution in [2.45, 2.75) is 31.2 Å². The van der Waals surface area contributed by atoms with Crippen LogP contribution in [0.4, 0.5) is 5.69 Å². The van der Waals surface area contributed by atoms with Crippen LogP contribution in [-0.4, -0.2) is 27.5 Å². The Bertz CT molecular complexity index is 1130. The highest BCUT2D eigenvalue weighted by Gasteiger charge is 2.21. The number of carbonyl (C=O) groups is 1. The molecule has 0 bridgehead atoms. The maximum Gasteiger partial charge on any atom is 0.262 e. The Balaban J connectivity index is 1.80. The molecule has 6 nitrogen and oxygen atoms in total. The van der Waals surface area contributed by atoms with E-state index in [2.05, 4.69) is 10.0 Å². The molecular weight excluding hydrogens is 420 g/mol. The van der Waals surface area contributed by atoms with Gasteiger partial charge in [0, 0.05) is 11.6 Å². The largest absolute Gasteiger partial charge is 0.495 e. The molecule has 0 aliphatic carbocycles. The highest BCUT2D eigenvalue weighted by atomic mass is 32.2. The van der Waals surface area contributed by atoms with E-state index in [9.17, 15) is 13.2 Å². The average Bonchev–Trinajstić information content (AvgIpc) is 3.21. The zero-order chi connectivity index (χ0) is 21.7. The molecule has 158 valence electrons. The summed E-state index contributed by atoms with van der Waals surface area (Å²) in [6.07, 6.45) is 0.710. The van der Waals surface area contributed by atoms with E-state index in [0.717, 1.165) is 5.56 Å². The van der Waals surface area contributed by atoms with E-state index in [1.54, 1.807) is 54.7 Å². The first-order valence-corrected chi connectivity index (χ1v) is 11.8. The van der Waals surface area contributed by atoms with Gasteiger partial charge in [0.05, 0.1) is 17.7 Å². The van der Waals surface area contributed by atoms with Crippen LogP contribution in [0.15, 0.2) is 64.2 Å². The van der Waals surface area contributed by atoms with E-state index >= 15 is 0 Å². The molecule has 3 rings (SSSR count). The zero-order valence-electron chi connectivity index (χ0n) is 17.0. The molecule has 2 N–H and O–H groups in total. The molecule has 1 heterocycles. The number of aryl methyl sites for hydroxylation is 1. The monoisotopic (exact) mass is 444 g/mol. The standard InChI is InChI=1S/C22H24N2O4S2/c1-15-8-9-18(22(25)23-16(2)12-17-10-11-29-14-17)13-21(15)30(26,27)24-19-6-4-5-7-20(19)28-3/h4-11,13-14,16,24H,12H2,1-3H3,(H,23,25). The van der Waals surface area contributed by atoms with Crippen molar-refractivity contribution in [1.82, 2.24) is 5.32 Å². The molecule has 0 fully saturated rings. The average molecular weight is 445 g/mol. The van der Waals surface area contributed by atoms with Crippen LogP contribution in [0.25, 0.3) is 0 Å². The quantitative estimate of drug-likeness (QED) is 0.545. The number of ether oxygens (including phenoxy) is 1. The van der Waals surface area contributed by atoms with Gasteiger partial charge in [0.15, 0.2) is 0 Å². The molecule has 2 aromatic carbocycles. The Kier molecular flexibility index (Phi) is 6.79. The van der Waals surface area contributed by atoms with Gasteiger partial charge in [-0.05, 0) is 72.5 Å². The number of hydrogen-bond donors (Lipinski definition) is 2. The lowest BCUT2D eigenvalue weighted by molar-refractivity contribution is 0.0940. The molecule has 1 unspecified atom stereocenters. The number of hydrogen-bond acceptors (Lipinski definition) is 5. The minimum absolute atomic E-state index is 0.0477. The first-order chi connectivity index (χ1) is 14.3. The number of anilines is 1. The summed E-state index contributed by atoms with van der Waals surface area (Å²) in [4.78, 5) is 12.7. The van der Waals surface area contributed by atoms with Crippen molar-refractivity contribution in [3.05, 3.63) is 76.0 Å². The van der Waals surface area contributed by atoms with E-state index in [1.807, 2.05) is 23.8 Å². The number of sulfonamides is 1. The van der Waals surface area contributed by atoms with Crippen molar-refractivity contribution < 1.29 is 17.9 Å². The third kappa shape index (κ3) is 5.20. The van der Waals surface area contributed by atoms with Gasteiger partial charge in [0.25, 0.3) is 15.9 Å². The molecule has 0 saturated heterocycles. The van der Waals surface area contributed by atoms with Crippen LogP contribution in [0.1, 0.15) is 28.4 Å². The second-order valence-corrected chi connectivity index (χ2v) is 9.43. The lowest BCUT2D eigenvalue weighted by Crippen LogP contribution is -2.34. The number of amides is 1. The molecule has 1 amide bonds. The van der Waals surface area contributed by atoms with Gasteiger partial charge in [-0.15, -0.1) is 0 Å². The van der Waals surface area contributed by atoms with Crippen LogP contribution in [0.5, 0.6) is 5.75 Å². The van der Waals surface area contributed by atoms with E-state index < -0.39 is 10.0 Å². The van der Waals surface area contributed by atoms with Gasteiger partial charge in [-0.25, -0.2) is 8.42 Å². The molecule has 1 aromatic heterocycles. The summed E-state index contributed by atoms with van der Waals surface area (Å²) in [6.45, 7) is 3.61. The van der Waals surface area contributed by atoms with Gasteiger partial charge in [-0.3, -0.25) is 9.52 Å². The van der Waals surface area contributed by atoms with Crippen LogP contribution in [0.2, 0.25) is 0 Å². The van der Waals surface area contributed by atoms with Crippen molar-refractivity contribution in [3.63, 3.8) is 0 Å². The fraction of sp³-hybridized carbons (Fsp3) is 0.227. The molecule has 30 heavy (non-hydrogen) atoms. The molecule has 0 aliphatic rings. The maximum absolute atomic E-state index is 13.0. The molecule has 0 spiro atoms. The summed E-state index contributed by atoms with van der Waals surface area (Å²) >= 11 is 1.61. The van der Waals surface area contributed by atoms with Gasteiger partial charge in [-0.1, -0.05) is 18.2 Å². The highest BCUT2D eigenvalue weighted by molar-refractivity contribution is 7.92. The normalized spacial score (nSPS) is 12.2. The minimum Gasteiger partial charge on any atom is -0.495 e. The first-order valence-electron chi connectivity index (χ1n) is 9.38. The Morgan fingerprint density at radius 3 is 2.63 bits per heavy atom. The van der Waals surface area contributed by atoms with Gasteiger partial charge < -0.3 is 10.1 Å². The number of carbonyl (C=O) groups excluding carboxylic acids is 1. The first kappa shape index (κ1) is 21.9. The van der Waals surface area contributed by atoms with Crippen LogP contribution in [0.3, 0.4) is 0 Å². The van der Waals surface area contributed by atoms with Crippen LogP contribution < -0.4 is 14.8 Å². The molecule has 0 aliphatic heterocycles. The number of thiophene rings is 1. The molecule has 3 aromatic rings. The molecular formula is C22H24N2O4S2. The van der Waals surface area contributed by atoms with Crippen molar-refractivity contribution in [2.24, 2.45) is 0 Å². The van der Waals surface area contributed by atoms with Crippen molar-refractivity contribution >= 4 is 33.0 Å². The van der Waals surface area contributed by atoms with E-state index in [4.69, 9.17) is 4.74 Å². The Hall–Kier alpha value is -2.84. The van der Waals surface area contributed by atoms with Gasteiger partial charge in [-0.2, -0.15) is 11.3 Å².